The number of aromatic hydroxyl groups is 1. The van der Waals surface area contributed by atoms with Crippen LogP contribution in [0, 0.1) is 10.1 Å². The van der Waals surface area contributed by atoms with E-state index in [2.05, 4.69) is 0 Å². The second kappa shape index (κ2) is 10.1. The Kier molecular flexibility index (Phi) is 7.96. The fraction of sp³-hybridized carbons (Fsp3) is 0. The van der Waals surface area contributed by atoms with E-state index < -0.39 is 40.7 Å². The molecule has 0 aliphatic rings. The van der Waals surface area contributed by atoms with Crippen molar-refractivity contribution in [3.8, 4) is 5.75 Å². The van der Waals surface area contributed by atoms with Gasteiger partial charge >= 0.3 is 5.69 Å². The van der Waals surface area contributed by atoms with Crippen molar-refractivity contribution in [2.75, 3.05) is 17.2 Å². The number of hydrogen-bond donors (Lipinski definition) is 6. The van der Waals surface area contributed by atoms with Crippen molar-refractivity contribution >= 4 is 54.7 Å². The van der Waals surface area contributed by atoms with E-state index in [0.717, 1.165) is 23.9 Å². The van der Waals surface area contributed by atoms with Gasteiger partial charge in [0.25, 0.3) is 20.2 Å². The highest BCUT2D eigenvalue weighted by Crippen LogP contribution is 2.38. The summed E-state index contributed by atoms with van der Waals surface area (Å²) in [5, 5.41) is 19.2. The van der Waals surface area contributed by atoms with E-state index in [0.29, 0.717) is 0 Å². The Bertz CT molecular complexity index is 1380. The summed E-state index contributed by atoms with van der Waals surface area (Å²) in [6.45, 7) is 0. The number of rotatable bonds is 5. The van der Waals surface area contributed by atoms with E-state index in [9.17, 15) is 36.1 Å². The minimum Gasteiger partial charge on any atom is -0.501 e. The monoisotopic (exact) mass is 530 g/mol. The number of nitrogens with two attached hydrogens (primary N) is 3. The normalized spacial score (nSPS) is 11.4. The second-order valence-electron chi connectivity index (χ2n) is 6.44. The van der Waals surface area contributed by atoms with Crippen LogP contribution < -0.4 is 17.2 Å². The molecule has 34 heavy (non-hydrogen) atoms. The van der Waals surface area contributed by atoms with E-state index in [-0.39, 0.29) is 32.5 Å². The number of nitro benzene ring substituents is 1. The Morgan fingerprint density at radius 1 is 0.794 bits per heavy atom. The summed E-state index contributed by atoms with van der Waals surface area (Å²) >= 11 is 0.723. The molecule has 3 aromatic carbocycles. The van der Waals surface area contributed by atoms with Gasteiger partial charge in [0, 0.05) is 27.2 Å². The van der Waals surface area contributed by atoms with Crippen molar-refractivity contribution < 1.29 is 36.0 Å². The molecule has 0 fully saturated rings. The van der Waals surface area contributed by atoms with Gasteiger partial charge in [0.15, 0.2) is 0 Å². The summed E-state index contributed by atoms with van der Waals surface area (Å²) in [6.07, 6.45) is 0. The van der Waals surface area contributed by atoms with E-state index in [1.54, 1.807) is 0 Å². The molecule has 0 saturated carbocycles. The van der Waals surface area contributed by atoms with Crippen molar-refractivity contribution in [2.45, 2.75) is 19.6 Å². The third kappa shape index (κ3) is 6.72. The number of phenols is 1. The van der Waals surface area contributed by atoms with E-state index >= 15 is 0 Å². The lowest BCUT2D eigenvalue weighted by molar-refractivity contribution is -0.385. The van der Waals surface area contributed by atoms with Gasteiger partial charge in [-0.05, 0) is 42.5 Å². The first-order chi connectivity index (χ1) is 15.6. The van der Waals surface area contributed by atoms with Gasteiger partial charge in [-0.25, -0.2) is 0 Å². The first-order valence-electron chi connectivity index (χ1n) is 8.75. The van der Waals surface area contributed by atoms with Crippen LogP contribution in [0.1, 0.15) is 0 Å². The Labute approximate surface area is 197 Å². The summed E-state index contributed by atoms with van der Waals surface area (Å²) in [5.41, 5.74) is 16.1. The Morgan fingerprint density at radius 2 is 1.24 bits per heavy atom. The van der Waals surface area contributed by atoms with Crippen molar-refractivity contribution in [1.29, 1.82) is 0 Å². The molecule has 182 valence electrons. The lowest BCUT2D eigenvalue weighted by Crippen LogP contribution is -2.04. The quantitative estimate of drug-likeness (QED) is 0.0912. The highest BCUT2D eigenvalue weighted by atomic mass is 32.2. The number of hydrogen-bond acceptors (Lipinski definition) is 11. The molecule has 3 rings (SSSR count). The number of phenolic OH excluding ortho intramolecular Hbond substituents is 1. The van der Waals surface area contributed by atoms with Crippen LogP contribution in [0.4, 0.5) is 22.7 Å². The Morgan fingerprint density at radius 3 is 1.59 bits per heavy atom. The van der Waals surface area contributed by atoms with Gasteiger partial charge in [-0.15, -0.1) is 0 Å². The Hall–Kier alpha value is -3.57. The fourth-order valence-electron chi connectivity index (χ4n) is 2.44. The number of nitrogens with zero attached hydrogens (tertiary/aromatic N) is 1. The highest BCUT2D eigenvalue weighted by Gasteiger charge is 2.21. The summed E-state index contributed by atoms with van der Waals surface area (Å²) in [5.74, 6) is -0.475. The summed E-state index contributed by atoms with van der Waals surface area (Å²) in [6, 6.07) is 11.5. The van der Waals surface area contributed by atoms with E-state index in [1.807, 2.05) is 0 Å². The first kappa shape index (κ1) is 26.7. The molecule has 0 amide bonds. The van der Waals surface area contributed by atoms with E-state index in [4.69, 9.17) is 22.3 Å². The minimum atomic E-state index is -4.57. The van der Waals surface area contributed by atoms with Crippen molar-refractivity contribution in [3.05, 3.63) is 64.7 Å². The zero-order valence-electron chi connectivity index (χ0n) is 16.9. The molecule has 9 N–H and O–H groups in total. The molecule has 0 spiro atoms. The SMILES string of the molecule is Nc1ccc(Sc2ccc(N)cc2S(=O)(=O)O)c(S(=O)(=O)O)c1.Nc1cccc([N+](=O)[O-])c1O. The van der Waals surface area contributed by atoms with Crippen LogP contribution >= 0.6 is 11.8 Å². The highest BCUT2D eigenvalue weighted by molar-refractivity contribution is 8.00. The molecule has 0 unspecified atom stereocenters. The number of nitro groups is 1. The first-order valence-corrected chi connectivity index (χ1v) is 12.4. The lowest BCUT2D eigenvalue weighted by atomic mass is 10.2. The maximum Gasteiger partial charge on any atom is 0.312 e. The molecule has 0 aliphatic carbocycles. The predicted octanol–water partition coefficient (Wildman–Crippen LogP) is 2.38. The van der Waals surface area contributed by atoms with Gasteiger partial charge < -0.3 is 22.3 Å². The maximum atomic E-state index is 11.4. The van der Waals surface area contributed by atoms with Gasteiger partial charge in [-0.2, -0.15) is 16.8 Å². The molecule has 0 atom stereocenters. The lowest BCUT2D eigenvalue weighted by Gasteiger charge is -2.11. The van der Waals surface area contributed by atoms with Crippen LogP contribution in [0.15, 0.2) is 74.2 Å². The molecule has 3 aromatic rings. The second-order valence-corrected chi connectivity index (χ2v) is 10.3. The maximum absolute atomic E-state index is 11.4. The number of benzene rings is 3. The molecular formula is C18H18N4O9S3. The molecular weight excluding hydrogens is 512 g/mol. The number of para-hydroxylation sites is 1. The molecule has 0 heterocycles. The van der Waals surface area contributed by atoms with Crippen LogP contribution in [0.3, 0.4) is 0 Å². The summed E-state index contributed by atoms with van der Waals surface area (Å²) in [7, 11) is -9.14. The zero-order chi connectivity index (χ0) is 25.8. The smallest absolute Gasteiger partial charge is 0.312 e. The average molecular weight is 531 g/mol. The minimum absolute atomic E-state index is 0.0131. The van der Waals surface area contributed by atoms with Crippen molar-refractivity contribution in [3.63, 3.8) is 0 Å². The summed E-state index contributed by atoms with van der Waals surface area (Å²) in [4.78, 5) is 8.61. The molecule has 0 aliphatic heterocycles. The standard InChI is InChI=1S/C12H12N2O6S3.C6H6N2O3/c13-7-1-3-9(11(5-7)22(15,16)17)21-10-4-2-8(14)6-12(10)23(18,19)20;7-4-2-1-3-5(6(4)9)8(10)11/h1-6H,13-14H2,(H,15,16,17)(H,18,19,20);1-3,9H,7H2. The largest absolute Gasteiger partial charge is 0.501 e. The van der Waals surface area contributed by atoms with Crippen LogP contribution in [0.5, 0.6) is 5.75 Å². The van der Waals surface area contributed by atoms with Crippen LogP contribution in [-0.4, -0.2) is 36.0 Å². The van der Waals surface area contributed by atoms with Crippen molar-refractivity contribution in [1.82, 2.24) is 0 Å². The van der Waals surface area contributed by atoms with E-state index in [1.165, 1.54) is 42.5 Å². The van der Waals surface area contributed by atoms with Crippen molar-refractivity contribution in [2.24, 2.45) is 0 Å². The van der Waals surface area contributed by atoms with Gasteiger partial charge in [0.2, 0.25) is 5.75 Å². The molecule has 0 aromatic heterocycles. The third-order valence-electron chi connectivity index (χ3n) is 3.95. The molecule has 0 saturated heterocycles. The molecule has 0 bridgehead atoms. The average Bonchev–Trinajstić information content (AvgIpc) is 2.71. The predicted molar refractivity (Wildman–Crippen MR) is 125 cm³/mol. The molecule has 13 nitrogen and oxygen atoms in total. The van der Waals surface area contributed by atoms with Gasteiger partial charge in [0.05, 0.1) is 10.6 Å². The Balaban J connectivity index is 0.000000310. The molecule has 0 radical (unpaired) electrons. The summed E-state index contributed by atoms with van der Waals surface area (Å²) < 4.78 is 64.2. The molecule has 16 heteroatoms. The van der Waals surface area contributed by atoms with Crippen LogP contribution in [-0.2, 0) is 20.2 Å². The number of nitrogen functional groups attached to an aromatic ring is 3. The van der Waals surface area contributed by atoms with Crippen LogP contribution in [0.25, 0.3) is 0 Å². The fourth-order valence-corrected chi connectivity index (χ4v) is 5.36. The van der Waals surface area contributed by atoms with Gasteiger partial charge in [0.1, 0.15) is 9.79 Å². The topological polar surface area (TPSA) is 250 Å². The number of anilines is 3. The third-order valence-corrected chi connectivity index (χ3v) is 7.15. The van der Waals surface area contributed by atoms with Gasteiger partial charge in [-0.1, -0.05) is 17.8 Å². The van der Waals surface area contributed by atoms with Crippen LogP contribution in [0.2, 0.25) is 0 Å². The zero-order valence-corrected chi connectivity index (χ0v) is 19.3. The van der Waals surface area contributed by atoms with Gasteiger partial charge in [-0.3, -0.25) is 19.2 Å².